The molecule has 0 unspecified atom stereocenters. The number of nitrogens with zero attached hydrogens (tertiary/aromatic N) is 2. The summed E-state index contributed by atoms with van der Waals surface area (Å²) in [5, 5.41) is 1.83. The Hall–Kier alpha value is -4.46. The van der Waals surface area contributed by atoms with Crippen molar-refractivity contribution in [2.45, 2.75) is 66.1 Å². The summed E-state index contributed by atoms with van der Waals surface area (Å²) < 4.78 is 86.3. The number of oxazole rings is 1. The number of nitrogens with two attached hydrogens (primary N) is 1. The van der Waals surface area contributed by atoms with Crippen molar-refractivity contribution in [3.05, 3.63) is 107 Å². The summed E-state index contributed by atoms with van der Waals surface area (Å²) in [6, 6.07) is 16.3. The van der Waals surface area contributed by atoms with Crippen LogP contribution >= 0.6 is 11.6 Å². The minimum absolute atomic E-state index is 0.0734. The fraction of sp³-hybridized carbons (Fsp3) is 0.368. The molecule has 1 fully saturated rings. The normalized spacial score (nSPS) is 17.5. The Morgan fingerprint density at radius 2 is 1.61 bits per heavy atom. The monoisotopic (exact) mass is 861 g/mol. The van der Waals surface area contributed by atoms with Crippen LogP contribution in [-0.4, -0.2) is 101 Å². The summed E-state index contributed by atoms with van der Waals surface area (Å²) in [5.74, 6) is -3.56. The number of aromatic nitrogens is 1. The minimum Gasteiger partial charge on any atom is -0.434 e. The van der Waals surface area contributed by atoms with Crippen molar-refractivity contribution in [2.75, 3.05) is 25.1 Å². The number of unbranched alkanes of at least 4 members (excludes halogenated alkanes) is 1. The average Bonchev–Trinajstić information content (AvgIpc) is 3.82. The highest BCUT2D eigenvalue weighted by molar-refractivity contribution is 7.91. The van der Waals surface area contributed by atoms with Crippen molar-refractivity contribution in [1.82, 2.24) is 19.9 Å². The minimum atomic E-state index is -4.07. The number of amides is 2. The maximum absolute atomic E-state index is 14.3. The number of likely N-dealkylation sites (tertiary alicyclic amines) is 1. The van der Waals surface area contributed by atoms with Gasteiger partial charge < -0.3 is 20.4 Å². The summed E-state index contributed by atoms with van der Waals surface area (Å²) in [7, 11) is -11.9. The molecule has 1 aliphatic heterocycles. The molecule has 0 aliphatic carbocycles. The Bertz CT molecular complexity index is 2390. The van der Waals surface area contributed by atoms with Crippen LogP contribution in [0.15, 0.2) is 100 Å². The molecule has 0 saturated carbocycles. The lowest BCUT2D eigenvalue weighted by atomic mass is 10.0. The van der Waals surface area contributed by atoms with Gasteiger partial charge in [-0.1, -0.05) is 66.2 Å². The van der Waals surface area contributed by atoms with Gasteiger partial charge in [-0.2, -0.15) is 0 Å². The van der Waals surface area contributed by atoms with Crippen LogP contribution in [0.3, 0.4) is 0 Å². The number of hydrogen-bond acceptors (Lipinski definition) is 12. The molecule has 4 N–H and O–H groups in total. The Morgan fingerprint density at radius 3 is 2.28 bits per heavy atom. The van der Waals surface area contributed by atoms with Crippen molar-refractivity contribution in [3.63, 3.8) is 0 Å². The molecule has 15 nitrogen and oxygen atoms in total. The van der Waals surface area contributed by atoms with E-state index in [2.05, 4.69) is 15.0 Å². The van der Waals surface area contributed by atoms with Crippen LogP contribution in [0.25, 0.3) is 11.1 Å². The van der Waals surface area contributed by atoms with E-state index in [1.807, 2.05) is 0 Å². The number of sulfonamides is 1. The number of Topliss-reactive ketones (excluding diaryl/α,β-unsaturated/α-hetero) is 1. The third-order valence-corrected chi connectivity index (χ3v) is 14.0. The number of halogens is 1. The summed E-state index contributed by atoms with van der Waals surface area (Å²) >= 11 is 5.99. The van der Waals surface area contributed by atoms with E-state index in [4.69, 9.17) is 21.8 Å². The van der Waals surface area contributed by atoms with Gasteiger partial charge in [0.05, 0.1) is 33.9 Å². The standard InChI is InChI=1S/C38H44ClN5O10S3/c1-55(48,49)43-32(15-8-10-22-56(50,51)28-11-3-2-4-12-28)38(47)44-24-29(57(52,53)25-26-17-19-27(39)20-18-26)23-33(44)36(46)41-31(14-7-9-21-40)35(45)37-42-30-13-5-6-16-34(30)54-37/h2-6,8,10-13,16-20,29,31-33,43H,7,9,14-15,21-25,40H2,1H3,(H,41,46)/t29-,31+,32-,33+/m1/s1. The van der Waals surface area contributed by atoms with Crippen LogP contribution in [0.5, 0.6) is 0 Å². The fourth-order valence-electron chi connectivity index (χ4n) is 6.45. The lowest BCUT2D eigenvalue weighted by Crippen LogP contribution is -2.55. The van der Waals surface area contributed by atoms with Gasteiger partial charge in [0.25, 0.3) is 5.89 Å². The zero-order chi connectivity index (χ0) is 41.4. The zero-order valence-electron chi connectivity index (χ0n) is 31.0. The van der Waals surface area contributed by atoms with E-state index in [9.17, 15) is 39.6 Å². The first-order chi connectivity index (χ1) is 27.0. The molecule has 3 aromatic carbocycles. The first-order valence-electron chi connectivity index (χ1n) is 18.0. The van der Waals surface area contributed by atoms with Gasteiger partial charge in [-0.15, -0.1) is 0 Å². The molecule has 0 spiro atoms. The number of carbonyl (C=O) groups is 3. The molecule has 5 rings (SSSR count). The Balaban J connectivity index is 1.44. The molecule has 0 radical (unpaired) electrons. The number of nitrogens with one attached hydrogen (secondary N) is 2. The number of para-hydroxylation sites is 2. The summed E-state index contributed by atoms with van der Waals surface area (Å²) in [6.07, 6.45) is 3.80. The van der Waals surface area contributed by atoms with Crippen molar-refractivity contribution in [3.8, 4) is 0 Å². The van der Waals surface area contributed by atoms with Gasteiger partial charge in [-0.05, 0) is 80.6 Å². The number of carbonyl (C=O) groups excluding carboxylic acids is 3. The van der Waals surface area contributed by atoms with Crippen LogP contribution in [0.1, 0.15) is 48.4 Å². The van der Waals surface area contributed by atoms with Gasteiger partial charge in [-0.25, -0.2) is 35.0 Å². The number of sulfone groups is 2. The molecular formula is C38H44ClN5O10S3. The lowest BCUT2D eigenvalue weighted by molar-refractivity contribution is -0.139. The highest BCUT2D eigenvalue weighted by Crippen LogP contribution is 2.28. The second kappa shape index (κ2) is 18.9. The number of rotatable bonds is 19. The van der Waals surface area contributed by atoms with E-state index in [0.29, 0.717) is 41.1 Å². The molecule has 2 amide bonds. The quantitative estimate of drug-likeness (QED) is 0.0701. The molecular weight excluding hydrogens is 818 g/mol. The third-order valence-electron chi connectivity index (χ3n) is 9.33. The van der Waals surface area contributed by atoms with Crippen molar-refractivity contribution in [1.29, 1.82) is 0 Å². The first kappa shape index (κ1) is 43.7. The molecule has 0 bridgehead atoms. The molecule has 1 aromatic heterocycles. The molecule has 57 heavy (non-hydrogen) atoms. The lowest BCUT2D eigenvalue weighted by Gasteiger charge is -2.29. The third kappa shape index (κ3) is 11.8. The molecule has 1 aliphatic rings. The van der Waals surface area contributed by atoms with Gasteiger partial charge in [0, 0.05) is 11.6 Å². The Kier molecular flexibility index (Phi) is 14.4. The van der Waals surface area contributed by atoms with E-state index in [0.717, 1.165) is 11.2 Å². The number of benzene rings is 3. The SMILES string of the molecule is CS(=O)(=O)N[C@H](CC=CCS(=O)(=O)c1ccccc1)C(=O)N1C[C@H](S(=O)(=O)Cc2ccc(Cl)cc2)C[C@H]1C(=O)N[C@@H](CCCCN)C(=O)c1nc2ccccc2o1. The van der Waals surface area contributed by atoms with Crippen LogP contribution in [0, 0.1) is 0 Å². The van der Waals surface area contributed by atoms with E-state index in [1.165, 1.54) is 36.4 Å². The first-order valence-corrected chi connectivity index (χ1v) is 23.7. The van der Waals surface area contributed by atoms with Gasteiger partial charge in [0.2, 0.25) is 27.6 Å². The molecule has 2 heterocycles. The van der Waals surface area contributed by atoms with E-state index in [1.54, 1.807) is 54.6 Å². The molecule has 4 atom stereocenters. The largest absolute Gasteiger partial charge is 0.434 e. The van der Waals surface area contributed by atoms with E-state index >= 15 is 0 Å². The average molecular weight is 862 g/mol. The molecule has 1 saturated heterocycles. The van der Waals surface area contributed by atoms with Crippen LogP contribution in [0.4, 0.5) is 0 Å². The van der Waals surface area contributed by atoms with Crippen LogP contribution in [-0.2, 0) is 45.0 Å². The summed E-state index contributed by atoms with van der Waals surface area (Å²) in [4.78, 5) is 47.7. The number of hydrogen-bond donors (Lipinski definition) is 3. The Labute approximate surface area is 336 Å². The Morgan fingerprint density at radius 1 is 0.930 bits per heavy atom. The van der Waals surface area contributed by atoms with Gasteiger partial charge in [-0.3, -0.25) is 14.4 Å². The highest BCUT2D eigenvalue weighted by Gasteiger charge is 2.47. The maximum Gasteiger partial charge on any atom is 0.266 e. The van der Waals surface area contributed by atoms with E-state index < -0.39 is 88.7 Å². The predicted octanol–water partition coefficient (Wildman–Crippen LogP) is 3.20. The molecule has 19 heteroatoms. The van der Waals surface area contributed by atoms with Crippen LogP contribution in [0.2, 0.25) is 5.02 Å². The molecule has 306 valence electrons. The van der Waals surface area contributed by atoms with Crippen molar-refractivity contribution >= 4 is 70.0 Å². The second-order valence-corrected chi connectivity index (χ2v) is 20.3. The van der Waals surface area contributed by atoms with Crippen LogP contribution < -0.4 is 15.8 Å². The van der Waals surface area contributed by atoms with Crippen molar-refractivity contribution in [2.24, 2.45) is 5.73 Å². The fourth-order valence-corrected chi connectivity index (χ4v) is 10.2. The topological polar surface area (TPSA) is 233 Å². The number of fused-ring (bicyclic) bond motifs is 1. The smallest absolute Gasteiger partial charge is 0.266 e. The maximum atomic E-state index is 14.3. The van der Waals surface area contributed by atoms with Gasteiger partial charge >= 0.3 is 0 Å². The summed E-state index contributed by atoms with van der Waals surface area (Å²) in [6.45, 7) is -0.158. The summed E-state index contributed by atoms with van der Waals surface area (Å²) in [5.41, 5.74) is 6.88. The second-order valence-electron chi connectivity index (χ2n) is 13.7. The van der Waals surface area contributed by atoms with Crippen molar-refractivity contribution < 1.29 is 44.1 Å². The highest BCUT2D eigenvalue weighted by atomic mass is 35.5. The zero-order valence-corrected chi connectivity index (χ0v) is 34.2. The predicted molar refractivity (Wildman–Crippen MR) is 215 cm³/mol. The van der Waals surface area contributed by atoms with Gasteiger partial charge in [0.15, 0.2) is 25.3 Å². The molecule has 4 aromatic rings. The van der Waals surface area contributed by atoms with Gasteiger partial charge in [0.1, 0.15) is 17.6 Å². The number of ketones is 1. The van der Waals surface area contributed by atoms with E-state index in [-0.39, 0.29) is 30.0 Å².